The van der Waals surface area contributed by atoms with Gasteiger partial charge in [-0.1, -0.05) is 0 Å². The smallest absolute Gasteiger partial charge is 0.236 e. The Bertz CT molecular complexity index is 368. The summed E-state index contributed by atoms with van der Waals surface area (Å²) >= 11 is 0. The number of likely N-dealkylation sites (N-methyl/N-ethyl adjacent to an activating group) is 1. The van der Waals surface area contributed by atoms with Crippen LogP contribution in [0.2, 0.25) is 0 Å². The van der Waals surface area contributed by atoms with Crippen molar-refractivity contribution in [1.82, 2.24) is 0 Å². The van der Waals surface area contributed by atoms with E-state index in [0.717, 1.165) is 0 Å². The van der Waals surface area contributed by atoms with Crippen molar-refractivity contribution >= 4 is 11.6 Å². The number of hydrogen-bond donors (Lipinski definition) is 2. The molecule has 0 saturated heterocycles. The van der Waals surface area contributed by atoms with Gasteiger partial charge in [-0.2, -0.15) is 0 Å². The first-order valence-corrected chi connectivity index (χ1v) is 4.42. The second-order valence-corrected chi connectivity index (χ2v) is 3.30. The highest BCUT2D eigenvalue weighted by Crippen LogP contribution is 2.17. The second-order valence-electron chi connectivity index (χ2n) is 3.30. The fourth-order valence-electron chi connectivity index (χ4n) is 1.27. The Balaban J connectivity index is 2.92. The summed E-state index contributed by atoms with van der Waals surface area (Å²) in [5, 5.41) is 8.87. The van der Waals surface area contributed by atoms with Crippen LogP contribution in [-0.2, 0) is 11.4 Å². The van der Waals surface area contributed by atoms with Crippen LogP contribution in [0.4, 0.5) is 10.1 Å². The number of rotatable bonds is 4. The summed E-state index contributed by atoms with van der Waals surface area (Å²) in [6, 6.07) is 4.12. The lowest BCUT2D eigenvalue weighted by Crippen LogP contribution is -2.30. The predicted molar refractivity (Wildman–Crippen MR) is 54.8 cm³/mol. The summed E-state index contributed by atoms with van der Waals surface area (Å²) in [7, 11) is 1.63. The number of benzene rings is 1. The van der Waals surface area contributed by atoms with Crippen LogP contribution in [0.15, 0.2) is 18.2 Å². The zero-order chi connectivity index (χ0) is 11.4. The molecule has 0 aliphatic carbocycles. The van der Waals surface area contributed by atoms with Crippen LogP contribution in [0.3, 0.4) is 0 Å². The minimum absolute atomic E-state index is 0.00826. The van der Waals surface area contributed by atoms with Crippen LogP contribution in [0.1, 0.15) is 5.56 Å². The molecule has 0 saturated carbocycles. The maximum absolute atomic E-state index is 13.1. The van der Waals surface area contributed by atoms with E-state index in [1.165, 1.54) is 17.0 Å². The average Bonchev–Trinajstić information content (AvgIpc) is 2.15. The van der Waals surface area contributed by atoms with E-state index < -0.39 is 11.7 Å². The molecule has 1 aromatic rings. The predicted octanol–water partition coefficient (Wildman–Crippen LogP) is 0.239. The van der Waals surface area contributed by atoms with Gasteiger partial charge < -0.3 is 15.7 Å². The molecule has 0 unspecified atom stereocenters. The lowest BCUT2D eigenvalue weighted by atomic mass is 10.2. The van der Waals surface area contributed by atoms with Crippen molar-refractivity contribution in [2.24, 2.45) is 5.73 Å². The summed E-state index contributed by atoms with van der Waals surface area (Å²) in [5.74, 6) is -0.944. The number of nitrogens with zero attached hydrogens (tertiary/aromatic N) is 1. The van der Waals surface area contributed by atoms with Crippen LogP contribution in [0.25, 0.3) is 0 Å². The van der Waals surface area contributed by atoms with Crippen LogP contribution in [-0.4, -0.2) is 24.6 Å². The van der Waals surface area contributed by atoms with E-state index in [2.05, 4.69) is 0 Å². The van der Waals surface area contributed by atoms with Gasteiger partial charge in [-0.15, -0.1) is 0 Å². The lowest BCUT2D eigenvalue weighted by Gasteiger charge is -2.18. The SMILES string of the molecule is CN(CC(N)=O)c1cc(F)cc(CO)c1. The van der Waals surface area contributed by atoms with E-state index >= 15 is 0 Å². The molecule has 0 aliphatic rings. The Kier molecular flexibility index (Phi) is 3.62. The fraction of sp³-hybridized carbons (Fsp3) is 0.300. The van der Waals surface area contributed by atoms with Gasteiger partial charge in [-0.05, 0) is 23.8 Å². The van der Waals surface area contributed by atoms with Gasteiger partial charge in [0.1, 0.15) is 5.82 Å². The third kappa shape index (κ3) is 3.21. The molecule has 0 bridgehead atoms. The Morgan fingerprint density at radius 3 is 2.73 bits per heavy atom. The Labute approximate surface area is 87.1 Å². The van der Waals surface area contributed by atoms with Crippen LogP contribution >= 0.6 is 0 Å². The minimum Gasteiger partial charge on any atom is -0.392 e. The Morgan fingerprint density at radius 2 is 2.20 bits per heavy atom. The maximum atomic E-state index is 13.1. The molecule has 3 N–H and O–H groups in total. The van der Waals surface area contributed by atoms with Crippen LogP contribution < -0.4 is 10.6 Å². The molecular formula is C10H13FN2O2. The highest BCUT2D eigenvalue weighted by atomic mass is 19.1. The summed E-state index contributed by atoms with van der Waals surface area (Å²) in [6.45, 7) is -0.233. The summed E-state index contributed by atoms with van der Waals surface area (Å²) in [5.41, 5.74) is 5.99. The molecule has 1 rings (SSSR count). The number of primary amides is 1. The molecule has 0 aromatic heterocycles. The monoisotopic (exact) mass is 212 g/mol. The molecule has 5 heteroatoms. The summed E-state index contributed by atoms with van der Waals surface area (Å²) in [6.07, 6.45) is 0. The van der Waals surface area contributed by atoms with Crippen molar-refractivity contribution in [2.75, 3.05) is 18.5 Å². The van der Waals surface area contributed by atoms with Gasteiger partial charge in [-0.25, -0.2) is 4.39 Å². The van der Waals surface area contributed by atoms with Crippen molar-refractivity contribution in [3.8, 4) is 0 Å². The molecule has 0 heterocycles. The van der Waals surface area contributed by atoms with Gasteiger partial charge in [0.25, 0.3) is 0 Å². The molecule has 1 aromatic carbocycles. The van der Waals surface area contributed by atoms with E-state index in [1.807, 2.05) is 0 Å². The Morgan fingerprint density at radius 1 is 1.53 bits per heavy atom. The van der Waals surface area contributed by atoms with Gasteiger partial charge >= 0.3 is 0 Å². The summed E-state index contributed by atoms with van der Waals surface area (Å²) < 4.78 is 13.1. The minimum atomic E-state index is -0.493. The summed E-state index contributed by atoms with van der Waals surface area (Å²) in [4.78, 5) is 12.2. The van der Waals surface area contributed by atoms with Crippen molar-refractivity contribution in [3.05, 3.63) is 29.6 Å². The normalized spacial score (nSPS) is 10.1. The molecule has 0 spiro atoms. The van der Waals surface area contributed by atoms with Gasteiger partial charge in [0, 0.05) is 12.7 Å². The first-order valence-electron chi connectivity index (χ1n) is 4.42. The number of halogens is 1. The number of hydrogen-bond acceptors (Lipinski definition) is 3. The number of aliphatic hydroxyl groups is 1. The van der Waals surface area contributed by atoms with E-state index in [4.69, 9.17) is 10.8 Å². The van der Waals surface area contributed by atoms with E-state index in [1.54, 1.807) is 13.1 Å². The molecule has 82 valence electrons. The number of carbonyl (C=O) groups is 1. The largest absolute Gasteiger partial charge is 0.392 e. The van der Waals surface area contributed by atoms with Gasteiger partial charge in [0.15, 0.2) is 0 Å². The van der Waals surface area contributed by atoms with E-state index in [9.17, 15) is 9.18 Å². The average molecular weight is 212 g/mol. The van der Waals surface area contributed by atoms with Crippen molar-refractivity contribution in [2.45, 2.75) is 6.61 Å². The maximum Gasteiger partial charge on any atom is 0.236 e. The van der Waals surface area contributed by atoms with Crippen LogP contribution in [0, 0.1) is 5.82 Å². The number of amides is 1. The fourth-order valence-corrected chi connectivity index (χ4v) is 1.27. The molecule has 4 nitrogen and oxygen atoms in total. The van der Waals surface area contributed by atoms with Gasteiger partial charge in [0.05, 0.1) is 13.2 Å². The Hall–Kier alpha value is -1.62. The number of nitrogens with two attached hydrogens (primary N) is 1. The number of carbonyl (C=O) groups excluding carboxylic acids is 1. The van der Waals surface area contributed by atoms with E-state index in [0.29, 0.717) is 11.3 Å². The third-order valence-corrected chi connectivity index (χ3v) is 1.96. The second kappa shape index (κ2) is 4.75. The van der Waals surface area contributed by atoms with Crippen molar-refractivity contribution < 1.29 is 14.3 Å². The highest BCUT2D eigenvalue weighted by Gasteiger charge is 2.07. The molecule has 0 fully saturated rings. The third-order valence-electron chi connectivity index (χ3n) is 1.96. The molecule has 0 atom stereocenters. The van der Waals surface area contributed by atoms with Gasteiger partial charge in [0.2, 0.25) is 5.91 Å². The molecule has 0 aliphatic heterocycles. The van der Waals surface area contributed by atoms with Crippen LogP contribution in [0.5, 0.6) is 0 Å². The van der Waals surface area contributed by atoms with E-state index in [-0.39, 0.29) is 13.2 Å². The first-order chi connectivity index (χ1) is 7.02. The highest BCUT2D eigenvalue weighted by molar-refractivity contribution is 5.79. The topological polar surface area (TPSA) is 66.6 Å². The number of aliphatic hydroxyl groups excluding tert-OH is 1. The van der Waals surface area contributed by atoms with Crippen molar-refractivity contribution in [1.29, 1.82) is 0 Å². The molecule has 1 amide bonds. The molecule has 15 heavy (non-hydrogen) atoms. The van der Waals surface area contributed by atoms with Gasteiger partial charge in [-0.3, -0.25) is 4.79 Å². The quantitative estimate of drug-likeness (QED) is 0.751. The lowest BCUT2D eigenvalue weighted by molar-refractivity contribution is -0.116. The standard InChI is InChI=1S/C10H13FN2O2/c1-13(5-10(12)15)9-3-7(6-14)2-8(11)4-9/h2-4,14H,5-6H2,1H3,(H2,12,15). The van der Waals surface area contributed by atoms with Crippen molar-refractivity contribution in [3.63, 3.8) is 0 Å². The molecule has 0 radical (unpaired) electrons. The first kappa shape index (κ1) is 11.5. The molecular weight excluding hydrogens is 199 g/mol. The zero-order valence-corrected chi connectivity index (χ0v) is 8.40. The zero-order valence-electron chi connectivity index (χ0n) is 8.40. The number of anilines is 1.